The molecule has 0 spiro atoms. The third-order valence-corrected chi connectivity index (χ3v) is 5.22. The van der Waals surface area contributed by atoms with Crippen molar-refractivity contribution in [3.63, 3.8) is 0 Å². The van der Waals surface area contributed by atoms with Gasteiger partial charge in [0.1, 0.15) is 6.04 Å². The molecule has 1 atom stereocenters. The molecular formula is C15H11ClF3N3S2. The molecule has 0 bridgehead atoms. The summed E-state index contributed by atoms with van der Waals surface area (Å²) in [5, 5.41) is 0.398. The molecule has 2 aromatic heterocycles. The first-order valence-electron chi connectivity index (χ1n) is 6.77. The first kappa shape index (κ1) is 17.5. The monoisotopic (exact) mass is 389 g/mol. The van der Waals surface area contributed by atoms with Gasteiger partial charge in [-0.2, -0.15) is 13.2 Å². The van der Waals surface area contributed by atoms with Crippen LogP contribution in [0.4, 0.5) is 13.2 Å². The van der Waals surface area contributed by atoms with Gasteiger partial charge in [-0.25, -0.2) is 14.3 Å². The van der Waals surface area contributed by atoms with Crippen molar-refractivity contribution >= 4 is 45.2 Å². The molecule has 0 saturated heterocycles. The van der Waals surface area contributed by atoms with Gasteiger partial charge in [0.05, 0.1) is 10.2 Å². The smallest absolute Gasteiger partial charge is 0.235 e. The topological polar surface area (TPSA) is 29.0 Å². The molecular weight excluding hydrogens is 379 g/mol. The van der Waals surface area contributed by atoms with Crippen LogP contribution >= 0.6 is 34.9 Å². The highest BCUT2D eigenvalue weighted by Crippen LogP contribution is 2.42. The summed E-state index contributed by atoms with van der Waals surface area (Å²) in [6.07, 6.45) is -2.89. The molecule has 0 saturated carbocycles. The van der Waals surface area contributed by atoms with E-state index in [1.165, 1.54) is 53.2 Å². The maximum atomic E-state index is 13.6. The lowest BCUT2D eigenvalue weighted by molar-refractivity contribution is -0.169. The van der Waals surface area contributed by atoms with Crippen molar-refractivity contribution in [3.8, 4) is 0 Å². The van der Waals surface area contributed by atoms with Crippen LogP contribution in [0.5, 0.6) is 0 Å². The fourth-order valence-electron chi connectivity index (χ4n) is 2.26. The molecule has 3 rings (SSSR count). The second kappa shape index (κ2) is 6.87. The van der Waals surface area contributed by atoms with Gasteiger partial charge >= 0.3 is 6.18 Å². The second-order valence-electron chi connectivity index (χ2n) is 4.98. The summed E-state index contributed by atoms with van der Waals surface area (Å²) in [7, 11) is 1.41. The Morgan fingerprint density at radius 2 is 1.92 bits per heavy atom. The first-order valence-corrected chi connectivity index (χ1v) is 8.80. The summed E-state index contributed by atoms with van der Waals surface area (Å²) in [4.78, 5) is 8.84. The van der Waals surface area contributed by atoms with Crippen LogP contribution in [-0.2, 0) is 0 Å². The average Bonchev–Trinajstić information content (AvgIpc) is 2.95. The highest BCUT2D eigenvalue weighted by molar-refractivity contribution is 7.97. The van der Waals surface area contributed by atoms with Crippen LogP contribution in [0.25, 0.3) is 10.3 Å². The maximum absolute atomic E-state index is 13.6. The van der Waals surface area contributed by atoms with E-state index in [1.54, 1.807) is 11.6 Å². The molecule has 126 valence electrons. The van der Waals surface area contributed by atoms with Crippen molar-refractivity contribution in [2.24, 2.45) is 0 Å². The van der Waals surface area contributed by atoms with Gasteiger partial charge in [-0.3, -0.25) is 0 Å². The minimum Gasteiger partial charge on any atom is -0.235 e. The van der Waals surface area contributed by atoms with Gasteiger partial charge in [-0.05, 0) is 42.8 Å². The van der Waals surface area contributed by atoms with Crippen molar-refractivity contribution in [2.45, 2.75) is 17.1 Å². The number of nitrogens with zero attached hydrogens (tertiary/aromatic N) is 3. The lowest BCUT2D eigenvalue weighted by Crippen LogP contribution is -2.31. The fourth-order valence-corrected chi connectivity index (χ4v) is 4.08. The molecule has 0 aliphatic carbocycles. The van der Waals surface area contributed by atoms with Gasteiger partial charge < -0.3 is 0 Å². The summed E-state index contributed by atoms with van der Waals surface area (Å²) in [6.45, 7) is 0. The normalized spacial score (nSPS) is 13.6. The van der Waals surface area contributed by atoms with Crippen molar-refractivity contribution in [1.29, 1.82) is 0 Å². The fraction of sp³-hybridized carbons (Fsp3) is 0.200. The van der Waals surface area contributed by atoms with Crippen molar-refractivity contribution < 1.29 is 13.2 Å². The number of hydrogen-bond donors (Lipinski definition) is 0. The summed E-state index contributed by atoms with van der Waals surface area (Å²) in [5.74, 6) is 0. The number of thiazole rings is 1. The molecule has 24 heavy (non-hydrogen) atoms. The van der Waals surface area contributed by atoms with E-state index in [2.05, 4.69) is 9.97 Å². The Morgan fingerprint density at radius 1 is 1.21 bits per heavy atom. The summed E-state index contributed by atoms with van der Waals surface area (Å²) in [5.41, 5.74) is 2.38. The van der Waals surface area contributed by atoms with Crippen LogP contribution in [0.3, 0.4) is 0 Å². The number of pyridine rings is 1. The molecule has 0 unspecified atom stereocenters. The Kier molecular flexibility index (Phi) is 5.00. The molecule has 3 nitrogen and oxygen atoms in total. The van der Waals surface area contributed by atoms with E-state index in [1.807, 2.05) is 0 Å². The van der Waals surface area contributed by atoms with E-state index in [4.69, 9.17) is 11.6 Å². The highest BCUT2D eigenvalue weighted by Gasteiger charge is 2.44. The van der Waals surface area contributed by atoms with Gasteiger partial charge in [-0.1, -0.05) is 23.7 Å². The molecule has 3 aromatic rings. The predicted molar refractivity (Wildman–Crippen MR) is 91.3 cm³/mol. The standard InChI is InChI=1S/C15H11ClF3N3S2/c1-22(24-11-6-12-14(20-7-11)21-8-23-12)13(15(17,18)19)9-2-4-10(16)5-3-9/h2-8,13H,1H3/t13-/m1/s1. The predicted octanol–water partition coefficient (Wildman–Crippen LogP) is 5.59. The number of alkyl halides is 3. The molecule has 1 aromatic carbocycles. The molecule has 2 heterocycles. The van der Waals surface area contributed by atoms with E-state index in [9.17, 15) is 13.2 Å². The van der Waals surface area contributed by atoms with E-state index in [0.717, 1.165) is 16.6 Å². The number of hydrogen-bond acceptors (Lipinski definition) is 5. The van der Waals surface area contributed by atoms with Gasteiger partial charge in [0.2, 0.25) is 0 Å². The molecule has 0 aliphatic heterocycles. The van der Waals surface area contributed by atoms with Crippen LogP contribution in [0.1, 0.15) is 11.6 Å². The van der Waals surface area contributed by atoms with Gasteiger partial charge in [-0.15, -0.1) is 11.3 Å². The summed E-state index contributed by atoms with van der Waals surface area (Å²) in [6, 6.07) is 5.73. The molecule has 0 radical (unpaired) electrons. The van der Waals surface area contributed by atoms with Gasteiger partial charge in [0, 0.05) is 16.1 Å². The van der Waals surface area contributed by atoms with Crippen LogP contribution in [0.15, 0.2) is 46.9 Å². The Labute approximate surface area is 149 Å². The van der Waals surface area contributed by atoms with E-state index in [0.29, 0.717) is 15.6 Å². The van der Waals surface area contributed by atoms with E-state index < -0.39 is 12.2 Å². The third-order valence-electron chi connectivity index (χ3n) is 3.27. The Balaban J connectivity index is 1.88. The summed E-state index contributed by atoms with van der Waals surface area (Å²) < 4.78 is 42.7. The van der Waals surface area contributed by atoms with Crippen molar-refractivity contribution in [3.05, 3.63) is 52.6 Å². The lowest BCUT2D eigenvalue weighted by atomic mass is 10.1. The average molecular weight is 390 g/mol. The van der Waals surface area contributed by atoms with Gasteiger partial charge in [0.25, 0.3) is 0 Å². The molecule has 0 fully saturated rings. The van der Waals surface area contributed by atoms with Gasteiger partial charge in [0.15, 0.2) is 5.65 Å². The van der Waals surface area contributed by atoms with Crippen molar-refractivity contribution in [2.75, 3.05) is 7.05 Å². The largest absolute Gasteiger partial charge is 0.408 e. The van der Waals surface area contributed by atoms with E-state index >= 15 is 0 Å². The first-order chi connectivity index (χ1) is 11.3. The lowest BCUT2D eigenvalue weighted by Gasteiger charge is -2.29. The maximum Gasteiger partial charge on any atom is 0.408 e. The molecule has 0 N–H and O–H groups in total. The second-order valence-corrected chi connectivity index (χ2v) is 7.53. The Morgan fingerprint density at radius 3 is 2.58 bits per heavy atom. The summed E-state index contributed by atoms with van der Waals surface area (Å²) >= 11 is 8.16. The number of rotatable bonds is 4. The zero-order valence-corrected chi connectivity index (χ0v) is 14.7. The minimum atomic E-state index is -4.42. The minimum absolute atomic E-state index is 0.133. The van der Waals surface area contributed by atoms with Crippen LogP contribution in [-0.4, -0.2) is 27.5 Å². The Hall–Kier alpha value is -1.35. The quantitative estimate of drug-likeness (QED) is 0.544. The van der Waals surface area contributed by atoms with Crippen LogP contribution in [0.2, 0.25) is 5.02 Å². The van der Waals surface area contributed by atoms with E-state index in [-0.39, 0.29) is 5.56 Å². The molecule has 0 amide bonds. The van der Waals surface area contributed by atoms with Crippen molar-refractivity contribution in [1.82, 2.24) is 14.3 Å². The van der Waals surface area contributed by atoms with Crippen LogP contribution in [0, 0.1) is 0 Å². The number of benzene rings is 1. The zero-order chi connectivity index (χ0) is 17.3. The number of halogens is 4. The molecule has 9 heteroatoms. The Bertz CT molecular complexity index is 836. The number of aromatic nitrogens is 2. The third kappa shape index (κ3) is 3.83. The number of fused-ring (bicyclic) bond motifs is 1. The highest BCUT2D eigenvalue weighted by atomic mass is 35.5. The SMILES string of the molecule is CN(Sc1cnc2ncsc2c1)[C@H](c1ccc(Cl)cc1)C(F)(F)F. The van der Waals surface area contributed by atoms with Crippen LogP contribution < -0.4 is 0 Å². The molecule has 0 aliphatic rings. The zero-order valence-electron chi connectivity index (χ0n) is 12.3.